The third-order valence-electron chi connectivity index (χ3n) is 6.40. The van der Waals surface area contributed by atoms with Crippen LogP contribution >= 0.6 is 0 Å². The number of carbonyl (C=O) groups is 2. The SMILES string of the molecule is CCOc1cc2c(c(F)c1OCC)C(=N)N(CC(=O)c1ccc3oc(C)c(C(=O)O)c3c1C(C)(C)C)C2. The minimum Gasteiger partial charge on any atom is -0.490 e. The van der Waals surface area contributed by atoms with E-state index in [1.54, 1.807) is 39.0 Å². The molecule has 0 fully saturated rings. The Morgan fingerprint density at radius 2 is 1.86 bits per heavy atom. The lowest BCUT2D eigenvalue weighted by Gasteiger charge is -2.25. The van der Waals surface area contributed by atoms with Crippen molar-refractivity contribution < 1.29 is 33.0 Å². The van der Waals surface area contributed by atoms with Crippen molar-refractivity contribution in [2.24, 2.45) is 0 Å². The number of rotatable bonds is 8. The van der Waals surface area contributed by atoms with Crippen LogP contribution in [0.4, 0.5) is 4.39 Å². The molecule has 9 heteroatoms. The van der Waals surface area contributed by atoms with Gasteiger partial charge in [0.1, 0.15) is 22.7 Å². The van der Waals surface area contributed by atoms with Crippen LogP contribution in [0.15, 0.2) is 22.6 Å². The van der Waals surface area contributed by atoms with E-state index in [9.17, 15) is 14.7 Å². The highest BCUT2D eigenvalue weighted by Gasteiger charge is 2.35. The molecule has 0 radical (unpaired) electrons. The van der Waals surface area contributed by atoms with E-state index >= 15 is 4.39 Å². The smallest absolute Gasteiger partial charge is 0.339 e. The van der Waals surface area contributed by atoms with Crippen LogP contribution in [-0.2, 0) is 12.0 Å². The standard InChI is InChI=1S/C28H31FN2O6/c1-7-35-19-11-15-12-31(26(30)21(15)24(29)25(19)36-8-2)13-17(32)16-9-10-18-22(23(16)28(4,5)6)20(27(33)34)14(3)37-18/h9-11,30H,7-8,12-13H2,1-6H3,(H,33,34). The minimum absolute atomic E-state index is 0.0323. The van der Waals surface area contributed by atoms with Gasteiger partial charge in [0.25, 0.3) is 0 Å². The molecule has 0 saturated heterocycles. The average molecular weight is 511 g/mol. The van der Waals surface area contributed by atoms with Gasteiger partial charge in [-0.2, -0.15) is 0 Å². The first-order chi connectivity index (χ1) is 17.4. The number of hydrogen-bond donors (Lipinski definition) is 2. The van der Waals surface area contributed by atoms with Gasteiger partial charge in [0.15, 0.2) is 23.1 Å². The van der Waals surface area contributed by atoms with E-state index in [2.05, 4.69) is 0 Å². The average Bonchev–Trinajstić information content (AvgIpc) is 3.30. The normalized spacial score (nSPS) is 13.3. The molecule has 2 aromatic carbocycles. The van der Waals surface area contributed by atoms with Gasteiger partial charge in [-0.1, -0.05) is 20.8 Å². The first kappa shape index (κ1) is 26.2. The number of aromatic carboxylic acids is 1. The summed E-state index contributed by atoms with van der Waals surface area (Å²) in [5.74, 6) is -1.76. The number of hydrogen-bond acceptors (Lipinski definition) is 6. The number of aryl methyl sites for hydroxylation is 1. The van der Waals surface area contributed by atoms with Crippen LogP contribution in [0.25, 0.3) is 11.0 Å². The fraction of sp³-hybridized carbons (Fsp3) is 0.393. The predicted molar refractivity (Wildman–Crippen MR) is 137 cm³/mol. The quantitative estimate of drug-likeness (QED) is 0.374. The Kier molecular flexibility index (Phi) is 6.75. The summed E-state index contributed by atoms with van der Waals surface area (Å²) in [6, 6.07) is 4.89. The zero-order valence-corrected chi connectivity index (χ0v) is 21.9. The lowest BCUT2D eigenvalue weighted by Crippen LogP contribution is -2.32. The number of ketones is 1. The Morgan fingerprint density at radius 3 is 2.46 bits per heavy atom. The second kappa shape index (κ2) is 9.53. The highest BCUT2D eigenvalue weighted by atomic mass is 19.1. The number of furan rings is 1. The summed E-state index contributed by atoms with van der Waals surface area (Å²) in [5.41, 5.74) is 1.37. The van der Waals surface area contributed by atoms with Crippen molar-refractivity contribution in [2.75, 3.05) is 19.8 Å². The number of benzene rings is 2. The number of halogens is 1. The van der Waals surface area contributed by atoms with Gasteiger partial charge in [-0.25, -0.2) is 9.18 Å². The molecular formula is C28H31FN2O6. The summed E-state index contributed by atoms with van der Waals surface area (Å²) in [7, 11) is 0. The molecule has 0 spiro atoms. The van der Waals surface area contributed by atoms with E-state index in [4.69, 9.17) is 19.3 Å². The largest absolute Gasteiger partial charge is 0.490 e. The molecular weight excluding hydrogens is 479 g/mol. The molecule has 1 aromatic heterocycles. The topological polar surface area (TPSA) is 113 Å². The summed E-state index contributed by atoms with van der Waals surface area (Å²) in [6.45, 7) is 11.3. The maximum atomic E-state index is 15.4. The van der Waals surface area contributed by atoms with Gasteiger partial charge >= 0.3 is 5.97 Å². The molecule has 0 aliphatic carbocycles. The van der Waals surface area contributed by atoms with Crippen molar-refractivity contribution in [3.05, 3.63) is 57.6 Å². The van der Waals surface area contributed by atoms with Crippen LogP contribution in [0.2, 0.25) is 0 Å². The van der Waals surface area contributed by atoms with E-state index in [0.717, 1.165) is 0 Å². The first-order valence-corrected chi connectivity index (χ1v) is 12.2. The van der Waals surface area contributed by atoms with Crippen molar-refractivity contribution in [1.82, 2.24) is 4.90 Å². The van der Waals surface area contributed by atoms with Crippen molar-refractivity contribution in [2.45, 2.75) is 53.5 Å². The van der Waals surface area contributed by atoms with Crippen LogP contribution in [0, 0.1) is 18.2 Å². The van der Waals surface area contributed by atoms with Gasteiger partial charge in [0, 0.05) is 17.5 Å². The van der Waals surface area contributed by atoms with Gasteiger partial charge in [0.05, 0.1) is 25.3 Å². The molecule has 196 valence electrons. The molecule has 0 unspecified atom stereocenters. The van der Waals surface area contributed by atoms with Gasteiger partial charge in [-0.15, -0.1) is 0 Å². The highest BCUT2D eigenvalue weighted by Crippen LogP contribution is 2.40. The predicted octanol–water partition coefficient (Wildman–Crippen LogP) is 5.70. The van der Waals surface area contributed by atoms with Crippen molar-refractivity contribution in [3.63, 3.8) is 0 Å². The monoisotopic (exact) mass is 510 g/mol. The number of fused-ring (bicyclic) bond motifs is 2. The Labute approximate surface area is 214 Å². The molecule has 4 rings (SSSR count). The van der Waals surface area contributed by atoms with E-state index in [1.165, 1.54) is 4.90 Å². The number of carbonyl (C=O) groups excluding carboxylic acids is 1. The molecule has 1 aliphatic heterocycles. The van der Waals surface area contributed by atoms with Crippen molar-refractivity contribution >= 4 is 28.6 Å². The number of nitrogens with one attached hydrogen (secondary N) is 1. The van der Waals surface area contributed by atoms with E-state index < -0.39 is 17.2 Å². The summed E-state index contributed by atoms with van der Waals surface area (Å²) >= 11 is 0. The first-order valence-electron chi connectivity index (χ1n) is 12.2. The van der Waals surface area contributed by atoms with Crippen molar-refractivity contribution in [3.8, 4) is 11.5 Å². The zero-order valence-electron chi connectivity index (χ0n) is 21.9. The third kappa shape index (κ3) is 4.43. The molecule has 0 atom stereocenters. The molecule has 2 N–H and O–H groups in total. The second-order valence-electron chi connectivity index (χ2n) is 10.00. The van der Waals surface area contributed by atoms with E-state index in [-0.39, 0.29) is 59.7 Å². The maximum Gasteiger partial charge on any atom is 0.339 e. The molecule has 8 nitrogen and oxygen atoms in total. The van der Waals surface area contributed by atoms with E-state index in [1.807, 2.05) is 20.8 Å². The number of amidine groups is 1. The second-order valence-corrected chi connectivity index (χ2v) is 10.00. The molecule has 0 saturated carbocycles. The molecule has 0 bridgehead atoms. The van der Waals surface area contributed by atoms with Gasteiger partial charge in [0.2, 0.25) is 0 Å². The summed E-state index contributed by atoms with van der Waals surface area (Å²) in [6.07, 6.45) is 0. The number of carboxylic acids is 1. The van der Waals surface area contributed by atoms with Crippen LogP contribution in [0.3, 0.4) is 0 Å². The lowest BCUT2D eigenvalue weighted by atomic mass is 9.79. The van der Waals surface area contributed by atoms with Gasteiger partial charge < -0.3 is 23.9 Å². The molecule has 0 amide bonds. The van der Waals surface area contributed by atoms with Crippen LogP contribution < -0.4 is 9.47 Å². The highest BCUT2D eigenvalue weighted by molar-refractivity contribution is 6.11. The number of carboxylic acid groups (broad SMARTS) is 1. The summed E-state index contributed by atoms with van der Waals surface area (Å²) < 4.78 is 32.2. The molecule has 37 heavy (non-hydrogen) atoms. The van der Waals surface area contributed by atoms with E-state index in [0.29, 0.717) is 34.3 Å². The van der Waals surface area contributed by atoms with Gasteiger partial charge in [-0.3, -0.25) is 10.2 Å². The Hall–Kier alpha value is -3.88. The van der Waals surface area contributed by atoms with Crippen LogP contribution in [0.5, 0.6) is 11.5 Å². The number of nitrogens with zero attached hydrogens (tertiary/aromatic N) is 1. The fourth-order valence-electron chi connectivity index (χ4n) is 4.99. The number of ether oxygens (including phenoxy) is 2. The Balaban J connectivity index is 1.75. The van der Waals surface area contributed by atoms with Gasteiger partial charge in [-0.05, 0) is 55.5 Å². The third-order valence-corrected chi connectivity index (χ3v) is 6.40. The van der Waals surface area contributed by atoms with Crippen LogP contribution in [0.1, 0.15) is 77.8 Å². The summed E-state index contributed by atoms with van der Waals surface area (Å²) in [4.78, 5) is 27.2. The Bertz CT molecular complexity index is 1430. The summed E-state index contributed by atoms with van der Waals surface area (Å²) in [5, 5.41) is 18.9. The molecule has 3 aromatic rings. The van der Waals surface area contributed by atoms with Crippen LogP contribution in [-0.4, -0.2) is 47.4 Å². The lowest BCUT2D eigenvalue weighted by molar-refractivity contribution is 0.0696. The fourth-order valence-corrected chi connectivity index (χ4v) is 4.99. The maximum absolute atomic E-state index is 15.4. The Morgan fingerprint density at radius 1 is 1.19 bits per heavy atom. The zero-order chi connectivity index (χ0) is 27.2. The molecule has 1 aliphatic rings. The van der Waals surface area contributed by atoms with Crippen molar-refractivity contribution in [1.29, 1.82) is 5.41 Å². The number of Topliss-reactive ketones (excluding diaryl/α,β-unsaturated/α-hetero) is 1. The molecule has 2 heterocycles. The minimum atomic E-state index is -1.13.